The van der Waals surface area contributed by atoms with Crippen molar-refractivity contribution in [3.05, 3.63) is 41.6 Å². The van der Waals surface area contributed by atoms with Crippen molar-refractivity contribution in [3.63, 3.8) is 0 Å². The molecule has 0 atom stereocenters. The SMILES string of the molecule is CCc1ccc(N/C=C(/C#N)C(=O)N2CCC(C)CC2)cc1. The molecular weight excluding hydrogens is 274 g/mol. The minimum atomic E-state index is -0.174. The highest BCUT2D eigenvalue weighted by molar-refractivity contribution is 5.97. The second kappa shape index (κ2) is 7.65. The maximum atomic E-state index is 12.4. The Kier molecular flexibility index (Phi) is 5.60. The van der Waals surface area contributed by atoms with Crippen molar-refractivity contribution in [1.82, 2.24) is 4.90 Å². The summed E-state index contributed by atoms with van der Waals surface area (Å²) >= 11 is 0. The zero-order chi connectivity index (χ0) is 15.9. The number of nitriles is 1. The van der Waals surface area contributed by atoms with Crippen LogP contribution in [-0.4, -0.2) is 23.9 Å². The van der Waals surface area contributed by atoms with E-state index in [2.05, 4.69) is 19.2 Å². The van der Waals surface area contributed by atoms with Gasteiger partial charge in [-0.15, -0.1) is 0 Å². The maximum Gasteiger partial charge on any atom is 0.266 e. The van der Waals surface area contributed by atoms with Gasteiger partial charge in [-0.3, -0.25) is 4.79 Å². The van der Waals surface area contributed by atoms with E-state index in [0.717, 1.165) is 38.0 Å². The number of aryl methyl sites for hydroxylation is 1. The number of rotatable bonds is 4. The lowest BCUT2D eigenvalue weighted by molar-refractivity contribution is -0.128. The van der Waals surface area contributed by atoms with Crippen molar-refractivity contribution in [1.29, 1.82) is 5.26 Å². The van der Waals surface area contributed by atoms with Gasteiger partial charge in [0.15, 0.2) is 0 Å². The predicted octanol–water partition coefficient (Wildman–Crippen LogP) is 3.33. The summed E-state index contributed by atoms with van der Waals surface area (Å²) in [6.07, 6.45) is 4.53. The first-order valence-electron chi connectivity index (χ1n) is 7.89. The standard InChI is InChI=1S/C18H23N3O/c1-3-15-4-6-17(7-5-15)20-13-16(12-19)18(22)21-10-8-14(2)9-11-21/h4-7,13-14,20H,3,8-11H2,1-2H3/b16-13-. The smallest absolute Gasteiger partial charge is 0.266 e. The first-order valence-corrected chi connectivity index (χ1v) is 7.89. The molecule has 0 bridgehead atoms. The van der Waals surface area contributed by atoms with Gasteiger partial charge in [0.05, 0.1) is 0 Å². The zero-order valence-corrected chi connectivity index (χ0v) is 13.3. The van der Waals surface area contributed by atoms with Crippen LogP contribution in [0.5, 0.6) is 0 Å². The maximum absolute atomic E-state index is 12.4. The lowest BCUT2D eigenvalue weighted by Gasteiger charge is -2.30. The number of hydrogen-bond donors (Lipinski definition) is 1. The minimum Gasteiger partial charge on any atom is -0.360 e. The molecule has 0 saturated carbocycles. The highest BCUT2D eigenvalue weighted by Gasteiger charge is 2.22. The second-order valence-corrected chi connectivity index (χ2v) is 5.84. The van der Waals surface area contributed by atoms with Crippen LogP contribution >= 0.6 is 0 Å². The van der Waals surface area contributed by atoms with Gasteiger partial charge in [0.1, 0.15) is 11.6 Å². The van der Waals surface area contributed by atoms with Gasteiger partial charge in [-0.25, -0.2) is 0 Å². The van der Waals surface area contributed by atoms with Crippen LogP contribution < -0.4 is 5.32 Å². The van der Waals surface area contributed by atoms with Crippen molar-refractivity contribution in [2.24, 2.45) is 5.92 Å². The molecule has 116 valence electrons. The summed E-state index contributed by atoms with van der Waals surface area (Å²) in [5, 5.41) is 12.3. The number of piperidine rings is 1. The normalized spacial score (nSPS) is 16.2. The largest absolute Gasteiger partial charge is 0.360 e. The minimum absolute atomic E-state index is 0.161. The fraction of sp³-hybridized carbons (Fsp3) is 0.444. The van der Waals surface area contributed by atoms with Crippen LogP contribution in [0, 0.1) is 17.2 Å². The van der Waals surface area contributed by atoms with Crippen LogP contribution in [-0.2, 0) is 11.2 Å². The molecule has 22 heavy (non-hydrogen) atoms. The molecule has 1 aromatic rings. The van der Waals surface area contributed by atoms with Crippen LogP contribution in [0.2, 0.25) is 0 Å². The Bertz CT molecular complexity index is 575. The average molecular weight is 297 g/mol. The van der Waals surface area contributed by atoms with Crippen molar-refractivity contribution in [2.45, 2.75) is 33.1 Å². The summed E-state index contributed by atoms with van der Waals surface area (Å²) in [7, 11) is 0. The van der Waals surface area contributed by atoms with Crippen LogP contribution in [0.4, 0.5) is 5.69 Å². The van der Waals surface area contributed by atoms with Gasteiger partial charge >= 0.3 is 0 Å². The van der Waals surface area contributed by atoms with E-state index in [4.69, 9.17) is 0 Å². The molecule has 1 heterocycles. The topological polar surface area (TPSA) is 56.1 Å². The fourth-order valence-electron chi connectivity index (χ4n) is 2.52. The molecule has 1 amide bonds. The third kappa shape index (κ3) is 4.11. The van der Waals surface area contributed by atoms with E-state index in [1.54, 1.807) is 4.90 Å². The summed E-state index contributed by atoms with van der Waals surface area (Å²) in [4.78, 5) is 14.1. The number of nitrogens with zero attached hydrogens (tertiary/aromatic N) is 2. The molecule has 0 unspecified atom stereocenters. The molecule has 0 aromatic heterocycles. The quantitative estimate of drug-likeness (QED) is 0.685. The summed E-state index contributed by atoms with van der Waals surface area (Å²) < 4.78 is 0. The third-order valence-corrected chi connectivity index (χ3v) is 4.17. The summed E-state index contributed by atoms with van der Waals surface area (Å²) in [6.45, 7) is 5.78. The molecule has 0 radical (unpaired) electrons. The van der Waals surface area contributed by atoms with E-state index in [1.165, 1.54) is 11.8 Å². The monoisotopic (exact) mass is 297 g/mol. The molecule has 1 fully saturated rings. The molecule has 0 spiro atoms. The lowest BCUT2D eigenvalue weighted by atomic mass is 9.99. The number of carbonyl (C=O) groups excluding carboxylic acids is 1. The zero-order valence-electron chi connectivity index (χ0n) is 13.3. The molecule has 1 aromatic carbocycles. The first kappa shape index (κ1) is 16.1. The summed E-state index contributed by atoms with van der Waals surface area (Å²) in [5.41, 5.74) is 2.30. The van der Waals surface area contributed by atoms with Gasteiger partial charge in [0.25, 0.3) is 5.91 Å². The second-order valence-electron chi connectivity index (χ2n) is 5.84. The van der Waals surface area contributed by atoms with Gasteiger partial charge in [0, 0.05) is 25.0 Å². The van der Waals surface area contributed by atoms with Crippen molar-refractivity contribution >= 4 is 11.6 Å². The first-order chi connectivity index (χ1) is 10.6. The highest BCUT2D eigenvalue weighted by atomic mass is 16.2. The molecule has 1 aliphatic heterocycles. The molecule has 0 aliphatic carbocycles. The Morgan fingerprint density at radius 3 is 2.55 bits per heavy atom. The van der Waals surface area contributed by atoms with E-state index in [0.29, 0.717) is 5.92 Å². The van der Waals surface area contributed by atoms with Crippen molar-refractivity contribution < 1.29 is 4.79 Å². The molecule has 4 heteroatoms. The van der Waals surface area contributed by atoms with Gasteiger partial charge in [-0.1, -0.05) is 26.0 Å². The van der Waals surface area contributed by atoms with Crippen molar-refractivity contribution in [2.75, 3.05) is 18.4 Å². The molecule has 1 saturated heterocycles. The van der Waals surface area contributed by atoms with Crippen molar-refractivity contribution in [3.8, 4) is 6.07 Å². The molecule has 2 rings (SSSR count). The Morgan fingerprint density at radius 2 is 2.00 bits per heavy atom. The predicted molar refractivity (Wildman–Crippen MR) is 88.1 cm³/mol. The Labute approximate surface area is 132 Å². The Hall–Kier alpha value is -2.28. The van der Waals surface area contributed by atoms with Gasteiger partial charge < -0.3 is 10.2 Å². The summed E-state index contributed by atoms with van der Waals surface area (Å²) in [5.74, 6) is 0.487. The van der Waals surface area contributed by atoms with Crippen LogP contribution in [0.3, 0.4) is 0 Å². The molecule has 1 N–H and O–H groups in total. The van der Waals surface area contributed by atoms with E-state index in [1.807, 2.05) is 30.3 Å². The van der Waals surface area contributed by atoms with Crippen LogP contribution in [0.15, 0.2) is 36.0 Å². The van der Waals surface area contributed by atoms with Crippen LogP contribution in [0.1, 0.15) is 32.3 Å². The number of anilines is 1. The van der Waals surface area contributed by atoms with Crippen LogP contribution in [0.25, 0.3) is 0 Å². The number of amides is 1. The lowest BCUT2D eigenvalue weighted by Crippen LogP contribution is -2.38. The molecule has 4 nitrogen and oxygen atoms in total. The van der Waals surface area contributed by atoms with E-state index in [-0.39, 0.29) is 11.5 Å². The third-order valence-electron chi connectivity index (χ3n) is 4.17. The molecular formula is C18H23N3O. The van der Waals surface area contributed by atoms with Gasteiger partial charge in [0.2, 0.25) is 0 Å². The number of nitrogens with one attached hydrogen (secondary N) is 1. The van der Waals surface area contributed by atoms with Gasteiger partial charge in [-0.2, -0.15) is 5.26 Å². The van der Waals surface area contributed by atoms with E-state index >= 15 is 0 Å². The number of carbonyl (C=O) groups is 1. The van der Waals surface area contributed by atoms with E-state index < -0.39 is 0 Å². The van der Waals surface area contributed by atoms with Gasteiger partial charge in [-0.05, 0) is 42.9 Å². The number of benzene rings is 1. The van der Waals surface area contributed by atoms with E-state index in [9.17, 15) is 10.1 Å². The summed E-state index contributed by atoms with van der Waals surface area (Å²) in [6, 6.07) is 10.00. The number of hydrogen-bond acceptors (Lipinski definition) is 3. The highest BCUT2D eigenvalue weighted by Crippen LogP contribution is 2.18. The molecule has 1 aliphatic rings. The number of likely N-dealkylation sites (tertiary alicyclic amines) is 1. The fourth-order valence-corrected chi connectivity index (χ4v) is 2.52. The average Bonchev–Trinajstić information content (AvgIpc) is 2.56. The Morgan fingerprint density at radius 1 is 1.36 bits per heavy atom. The Balaban J connectivity index is 2.00.